The summed E-state index contributed by atoms with van der Waals surface area (Å²) < 4.78 is 41.9. The molecule has 2 aliphatic rings. The molecule has 41 heavy (non-hydrogen) atoms. The van der Waals surface area contributed by atoms with E-state index in [1.54, 1.807) is 6.07 Å². The number of furan rings is 1. The van der Waals surface area contributed by atoms with E-state index in [4.69, 9.17) is 18.2 Å². The third-order valence-electron chi connectivity index (χ3n) is 8.92. The molecule has 1 aromatic heterocycles. The molecule has 0 saturated heterocycles. The van der Waals surface area contributed by atoms with Crippen LogP contribution in [0, 0.1) is 35.5 Å². The Morgan fingerprint density at radius 2 is 1.34 bits per heavy atom. The van der Waals surface area contributed by atoms with E-state index in [-0.39, 0.29) is 29.8 Å². The van der Waals surface area contributed by atoms with Gasteiger partial charge in [-0.25, -0.2) is 4.79 Å². The van der Waals surface area contributed by atoms with E-state index in [1.165, 1.54) is 6.07 Å². The van der Waals surface area contributed by atoms with Crippen LogP contribution in [0.15, 0.2) is 50.0 Å². The van der Waals surface area contributed by atoms with Crippen molar-refractivity contribution >= 4 is 45.4 Å². The maximum atomic E-state index is 15.5. The molecule has 0 aliphatic heterocycles. The predicted octanol–water partition coefficient (Wildman–Crippen LogP) is 10.8. The van der Waals surface area contributed by atoms with Crippen LogP contribution in [0.5, 0.6) is 0 Å². The molecule has 1 unspecified atom stereocenters. The molecule has 2 fully saturated rings. The van der Waals surface area contributed by atoms with Crippen LogP contribution in [0.2, 0.25) is 0 Å². The zero-order chi connectivity index (χ0) is 29.9. The molecule has 1 aromatic carbocycles. The molecule has 8 atom stereocenters. The van der Waals surface area contributed by atoms with E-state index in [0.717, 1.165) is 43.0 Å². The van der Waals surface area contributed by atoms with E-state index < -0.39 is 19.4 Å². The fourth-order valence-electron chi connectivity index (χ4n) is 6.51. The first kappa shape index (κ1) is 33.0. The highest BCUT2D eigenvalue weighted by atomic mass is 79.9. The summed E-state index contributed by atoms with van der Waals surface area (Å²) in [5.74, 6) is 0.109. The second-order valence-electron chi connectivity index (χ2n) is 12.9. The van der Waals surface area contributed by atoms with Gasteiger partial charge >= 0.3 is 13.6 Å². The lowest BCUT2D eigenvalue weighted by molar-refractivity contribution is -0.0213. The van der Waals surface area contributed by atoms with E-state index in [9.17, 15) is 4.79 Å². The lowest BCUT2D eigenvalue weighted by atomic mass is 9.75. The van der Waals surface area contributed by atoms with Crippen LogP contribution < -0.4 is 0 Å². The molecule has 2 aliphatic carbocycles. The summed E-state index contributed by atoms with van der Waals surface area (Å²) in [6.45, 7) is 13.2. The SMILES string of the molecule is CC(C)[C@H]1CC[C@@H](C)C[C@H]1OP(=O)(O[C@@H]1C[C@H](C)CC[C@H]1C(C)C)[C@@H](OC(=O)c1ccc(Br)o1)c1ccc(Br)cc1. The highest BCUT2D eigenvalue weighted by molar-refractivity contribution is 9.10. The van der Waals surface area contributed by atoms with E-state index >= 15 is 4.57 Å². The summed E-state index contributed by atoms with van der Waals surface area (Å²) >= 11 is 6.75. The van der Waals surface area contributed by atoms with Crippen LogP contribution in [0.1, 0.15) is 102 Å². The van der Waals surface area contributed by atoms with Crippen LogP contribution in [-0.2, 0) is 18.3 Å². The number of rotatable bonds is 10. The number of hydrogen-bond acceptors (Lipinski definition) is 6. The van der Waals surface area contributed by atoms with E-state index in [2.05, 4.69) is 73.4 Å². The minimum Gasteiger partial charge on any atom is -0.442 e. The molecule has 0 bridgehead atoms. The van der Waals surface area contributed by atoms with Crippen molar-refractivity contribution in [3.63, 3.8) is 0 Å². The first-order valence-electron chi connectivity index (χ1n) is 15.0. The number of benzene rings is 1. The van der Waals surface area contributed by atoms with Gasteiger partial charge in [-0.2, -0.15) is 0 Å². The lowest BCUT2D eigenvalue weighted by Gasteiger charge is -2.43. The molecule has 0 amide bonds. The Bertz CT molecular complexity index is 1160. The van der Waals surface area contributed by atoms with Crippen molar-refractivity contribution in [1.82, 2.24) is 0 Å². The third-order valence-corrected chi connectivity index (χ3v) is 12.0. The van der Waals surface area contributed by atoms with Gasteiger partial charge < -0.3 is 18.2 Å². The van der Waals surface area contributed by atoms with Crippen LogP contribution in [0.3, 0.4) is 0 Å². The largest absolute Gasteiger partial charge is 0.442 e. The Morgan fingerprint density at radius 1 is 0.829 bits per heavy atom. The van der Waals surface area contributed by atoms with Gasteiger partial charge in [0.25, 0.3) is 0 Å². The van der Waals surface area contributed by atoms with Crippen molar-refractivity contribution < 1.29 is 27.6 Å². The van der Waals surface area contributed by atoms with Crippen molar-refractivity contribution in [3.8, 4) is 0 Å². The van der Waals surface area contributed by atoms with Gasteiger partial charge in [0.1, 0.15) is 0 Å². The molecule has 2 aromatic rings. The zero-order valence-corrected chi connectivity index (χ0v) is 29.1. The van der Waals surface area contributed by atoms with Gasteiger partial charge in [0.15, 0.2) is 4.67 Å². The first-order valence-corrected chi connectivity index (χ1v) is 18.2. The van der Waals surface area contributed by atoms with Gasteiger partial charge in [-0.1, -0.05) is 82.4 Å². The minimum absolute atomic E-state index is 0.0169. The van der Waals surface area contributed by atoms with Crippen molar-refractivity contribution in [3.05, 3.63) is 56.9 Å². The molecule has 0 N–H and O–H groups in total. The van der Waals surface area contributed by atoms with Crippen LogP contribution in [-0.4, -0.2) is 18.2 Å². The van der Waals surface area contributed by atoms with Gasteiger partial charge in [0.05, 0.1) is 12.2 Å². The number of carbonyl (C=O) groups is 1. The molecule has 0 spiro atoms. The molecule has 6 nitrogen and oxygen atoms in total. The summed E-state index contributed by atoms with van der Waals surface area (Å²) in [7, 11) is -4.09. The Hall–Kier alpha value is -0.920. The quantitative estimate of drug-likeness (QED) is 0.180. The van der Waals surface area contributed by atoms with Gasteiger partial charge in [-0.05, 0) is 101 Å². The van der Waals surface area contributed by atoms with Gasteiger partial charge in [0.2, 0.25) is 11.6 Å². The molecule has 1 heterocycles. The fraction of sp³-hybridized carbons (Fsp3) is 0.656. The minimum atomic E-state index is -4.09. The highest BCUT2D eigenvalue weighted by Gasteiger charge is 2.49. The van der Waals surface area contributed by atoms with Gasteiger partial charge in [-0.15, -0.1) is 0 Å². The van der Waals surface area contributed by atoms with Crippen molar-refractivity contribution in [2.45, 2.75) is 98.1 Å². The molecule has 228 valence electrons. The van der Waals surface area contributed by atoms with E-state index in [1.807, 2.05) is 24.3 Å². The summed E-state index contributed by atoms with van der Waals surface area (Å²) in [5, 5.41) is 0. The Kier molecular flexibility index (Phi) is 11.5. The van der Waals surface area contributed by atoms with Gasteiger partial charge in [-0.3, -0.25) is 4.57 Å². The number of carbonyl (C=O) groups excluding carboxylic acids is 1. The average molecular weight is 716 g/mol. The van der Waals surface area contributed by atoms with Crippen molar-refractivity contribution in [1.29, 1.82) is 0 Å². The second kappa shape index (κ2) is 14.2. The smallest absolute Gasteiger partial charge is 0.376 e. The van der Waals surface area contributed by atoms with Crippen LogP contribution in [0.25, 0.3) is 0 Å². The fourth-order valence-corrected chi connectivity index (χ4v) is 9.35. The molecule has 2 saturated carbocycles. The van der Waals surface area contributed by atoms with Crippen molar-refractivity contribution in [2.75, 3.05) is 0 Å². The second-order valence-corrected chi connectivity index (χ2v) is 16.6. The third kappa shape index (κ3) is 8.38. The van der Waals surface area contributed by atoms with Crippen LogP contribution in [0.4, 0.5) is 0 Å². The lowest BCUT2D eigenvalue weighted by Crippen LogP contribution is -2.37. The van der Waals surface area contributed by atoms with E-state index in [0.29, 0.717) is 33.9 Å². The number of hydrogen-bond donors (Lipinski definition) is 0. The maximum Gasteiger partial charge on any atom is 0.376 e. The Morgan fingerprint density at radius 3 is 1.78 bits per heavy atom. The monoisotopic (exact) mass is 714 g/mol. The summed E-state index contributed by atoms with van der Waals surface area (Å²) in [6.07, 6.45) is 5.27. The predicted molar refractivity (Wildman–Crippen MR) is 169 cm³/mol. The maximum absolute atomic E-state index is 15.5. The standard InChI is InChI=1S/C32H45Br2O6P/c1-19(2)25-13-7-21(5)17-28(25)39-41(36,40-29-18-22(6)8-14-26(29)20(3)4)32(23-9-11-24(33)12-10-23)38-31(35)27-15-16-30(34)37-27/h9-12,15-16,19-22,25-26,28-29,32H,7-8,13-14,17-18H2,1-6H3/t21-,22-,25-,26+,28-,29-,32-,41?/m1/s1. The van der Waals surface area contributed by atoms with Crippen LogP contribution >= 0.6 is 39.5 Å². The summed E-state index contributed by atoms with van der Waals surface area (Å²) in [4.78, 5) is 13.4. The molecular weight excluding hydrogens is 671 g/mol. The number of esters is 1. The summed E-state index contributed by atoms with van der Waals surface area (Å²) in [6, 6.07) is 10.5. The average Bonchev–Trinajstić information content (AvgIpc) is 3.34. The highest BCUT2D eigenvalue weighted by Crippen LogP contribution is 2.66. The molecule has 0 radical (unpaired) electrons. The normalized spacial score (nSPS) is 29.3. The Labute approximate surface area is 262 Å². The number of halogens is 2. The summed E-state index contributed by atoms with van der Waals surface area (Å²) in [5.41, 5.74) is 0.561. The zero-order valence-electron chi connectivity index (χ0n) is 25.1. The van der Waals surface area contributed by atoms with Crippen molar-refractivity contribution in [2.24, 2.45) is 35.5 Å². The molecular formula is C32H45Br2O6P. The number of ether oxygens (including phenoxy) is 1. The molecule has 4 rings (SSSR count). The molecule has 9 heteroatoms. The Balaban J connectivity index is 1.79. The first-order chi connectivity index (χ1) is 19.4. The van der Waals surface area contributed by atoms with Gasteiger partial charge in [0, 0.05) is 10.0 Å². The topological polar surface area (TPSA) is 75.0 Å².